The van der Waals surface area contributed by atoms with E-state index in [-0.39, 0.29) is 11.2 Å². The molecular formula is C6H10Br2O2. The summed E-state index contributed by atoms with van der Waals surface area (Å²) in [5.41, 5.74) is 0. The highest BCUT2D eigenvalue weighted by Crippen LogP contribution is 2.12. The molecule has 0 saturated carbocycles. The molecule has 0 aromatic carbocycles. The van der Waals surface area contributed by atoms with E-state index in [1.807, 2.05) is 0 Å². The Hall–Kier alpha value is 0.430. The van der Waals surface area contributed by atoms with E-state index in [9.17, 15) is 4.79 Å². The lowest BCUT2D eigenvalue weighted by atomic mass is 10.2. The van der Waals surface area contributed by atoms with Crippen LogP contribution in [0.2, 0.25) is 0 Å². The Morgan fingerprint density at radius 1 is 1.60 bits per heavy atom. The molecule has 0 aliphatic rings. The molecule has 0 heterocycles. The lowest BCUT2D eigenvalue weighted by Crippen LogP contribution is -2.06. The van der Waals surface area contributed by atoms with E-state index < -0.39 is 5.97 Å². The van der Waals surface area contributed by atoms with Gasteiger partial charge in [0, 0.05) is 10.2 Å². The molecule has 1 N–H and O–H groups in total. The number of alkyl halides is 2. The molecule has 0 rings (SSSR count). The molecule has 2 nitrogen and oxygen atoms in total. The molecule has 0 bridgehead atoms. The van der Waals surface area contributed by atoms with E-state index in [1.165, 1.54) is 0 Å². The highest BCUT2D eigenvalue weighted by atomic mass is 79.9. The Bertz CT molecular complexity index is 106. The number of carboxylic acids is 1. The van der Waals surface area contributed by atoms with Crippen molar-refractivity contribution < 1.29 is 9.90 Å². The third kappa shape index (κ3) is 6.55. The van der Waals surface area contributed by atoms with Crippen LogP contribution in [0.15, 0.2) is 0 Å². The largest absolute Gasteiger partial charge is 0.481 e. The Morgan fingerprint density at radius 2 is 2.20 bits per heavy atom. The summed E-state index contributed by atoms with van der Waals surface area (Å²) in [6, 6.07) is 0. The van der Waals surface area contributed by atoms with Gasteiger partial charge in [0.15, 0.2) is 0 Å². The number of carbonyl (C=O) groups is 1. The lowest BCUT2D eigenvalue weighted by molar-refractivity contribution is -0.136. The zero-order chi connectivity index (χ0) is 7.98. The fraction of sp³-hybridized carbons (Fsp3) is 0.833. The fourth-order valence-electron chi connectivity index (χ4n) is 0.590. The van der Waals surface area contributed by atoms with Gasteiger partial charge in [-0.3, -0.25) is 4.79 Å². The Kier molecular flexibility index (Phi) is 6.43. The van der Waals surface area contributed by atoms with Gasteiger partial charge in [-0.15, -0.1) is 0 Å². The molecule has 10 heavy (non-hydrogen) atoms. The van der Waals surface area contributed by atoms with E-state index in [0.29, 0.717) is 0 Å². The van der Waals surface area contributed by atoms with E-state index in [2.05, 4.69) is 31.9 Å². The van der Waals surface area contributed by atoms with Gasteiger partial charge in [0.25, 0.3) is 0 Å². The van der Waals surface area contributed by atoms with Crippen molar-refractivity contribution in [1.29, 1.82) is 0 Å². The third-order valence-corrected chi connectivity index (χ3v) is 2.39. The number of carboxylic acid groups (broad SMARTS) is 1. The zero-order valence-electron chi connectivity index (χ0n) is 5.52. The van der Waals surface area contributed by atoms with Crippen LogP contribution < -0.4 is 0 Å². The molecule has 0 radical (unpaired) electrons. The predicted molar refractivity (Wildman–Crippen MR) is 48.0 cm³/mol. The van der Waals surface area contributed by atoms with Gasteiger partial charge in [-0.05, 0) is 12.8 Å². The van der Waals surface area contributed by atoms with Gasteiger partial charge in [-0.1, -0.05) is 31.9 Å². The molecule has 0 saturated heterocycles. The van der Waals surface area contributed by atoms with Crippen molar-refractivity contribution in [3.63, 3.8) is 0 Å². The second kappa shape index (κ2) is 6.16. The quantitative estimate of drug-likeness (QED) is 0.781. The summed E-state index contributed by atoms with van der Waals surface area (Å²) >= 11 is 6.55. The van der Waals surface area contributed by atoms with Crippen molar-refractivity contribution in [2.75, 3.05) is 5.33 Å². The second-order valence-electron chi connectivity index (χ2n) is 2.03. The van der Waals surface area contributed by atoms with Crippen LogP contribution in [0.1, 0.15) is 19.3 Å². The molecule has 0 amide bonds. The molecular weight excluding hydrogens is 264 g/mol. The highest BCUT2D eigenvalue weighted by molar-refractivity contribution is 9.09. The number of hydrogen-bond acceptors (Lipinski definition) is 1. The van der Waals surface area contributed by atoms with Crippen LogP contribution >= 0.6 is 31.9 Å². The van der Waals surface area contributed by atoms with Gasteiger partial charge in [0.05, 0.1) is 6.42 Å². The minimum atomic E-state index is -0.739. The van der Waals surface area contributed by atoms with Crippen LogP contribution in [0.3, 0.4) is 0 Å². The van der Waals surface area contributed by atoms with Gasteiger partial charge in [-0.25, -0.2) is 0 Å². The Morgan fingerprint density at radius 3 is 2.60 bits per heavy atom. The lowest BCUT2D eigenvalue weighted by Gasteiger charge is -2.03. The minimum Gasteiger partial charge on any atom is -0.481 e. The topological polar surface area (TPSA) is 37.3 Å². The first-order valence-corrected chi connectivity index (χ1v) is 5.12. The average molecular weight is 274 g/mol. The fourth-order valence-corrected chi connectivity index (χ4v) is 1.51. The van der Waals surface area contributed by atoms with Crippen LogP contribution in [0.4, 0.5) is 0 Å². The summed E-state index contributed by atoms with van der Waals surface area (Å²) in [5.74, 6) is -0.739. The smallest absolute Gasteiger partial charge is 0.304 e. The van der Waals surface area contributed by atoms with E-state index in [0.717, 1.165) is 18.2 Å². The van der Waals surface area contributed by atoms with Gasteiger partial charge >= 0.3 is 5.97 Å². The second-order valence-corrected chi connectivity index (χ2v) is 4.11. The van der Waals surface area contributed by atoms with E-state index in [1.54, 1.807) is 0 Å². The summed E-state index contributed by atoms with van der Waals surface area (Å²) in [5, 5.41) is 9.28. The molecule has 0 fully saturated rings. The molecule has 1 unspecified atom stereocenters. The minimum absolute atomic E-state index is 0.127. The first-order chi connectivity index (χ1) is 4.66. The van der Waals surface area contributed by atoms with Crippen molar-refractivity contribution in [2.24, 2.45) is 0 Å². The Labute approximate surface area is 77.3 Å². The zero-order valence-corrected chi connectivity index (χ0v) is 8.69. The summed E-state index contributed by atoms with van der Waals surface area (Å²) in [4.78, 5) is 10.3. The summed E-state index contributed by atoms with van der Waals surface area (Å²) in [6.45, 7) is 0. The summed E-state index contributed by atoms with van der Waals surface area (Å²) in [6.07, 6.45) is 2.15. The van der Waals surface area contributed by atoms with E-state index in [4.69, 9.17) is 5.11 Å². The number of hydrogen-bond donors (Lipinski definition) is 1. The normalized spacial score (nSPS) is 13.0. The Balaban J connectivity index is 3.25. The number of rotatable bonds is 5. The molecule has 60 valence electrons. The number of halogens is 2. The molecule has 0 aliphatic heterocycles. The highest BCUT2D eigenvalue weighted by Gasteiger charge is 2.07. The van der Waals surface area contributed by atoms with Crippen molar-refractivity contribution in [2.45, 2.75) is 24.1 Å². The molecule has 1 atom stereocenters. The van der Waals surface area contributed by atoms with Crippen molar-refractivity contribution in [1.82, 2.24) is 0 Å². The summed E-state index contributed by atoms with van der Waals surface area (Å²) < 4.78 is 0. The van der Waals surface area contributed by atoms with E-state index >= 15 is 0 Å². The molecule has 0 spiro atoms. The summed E-state index contributed by atoms with van der Waals surface area (Å²) in [7, 11) is 0. The standard InChI is InChI=1S/C6H10Br2O2/c7-3-1-2-5(8)4-6(9)10/h5H,1-4H2,(H,9,10). The maximum atomic E-state index is 10.1. The maximum absolute atomic E-state index is 10.1. The molecule has 4 heteroatoms. The molecule has 0 aliphatic carbocycles. The molecule has 0 aromatic heterocycles. The SMILES string of the molecule is O=C(O)CC(Br)CCCBr. The van der Waals surface area contributed by atoms with Crippen molar-refractivity contribution in [3.8, 4) is 0 Å². The molecule has 0 aromatic rings. The number of aliphatic carboxylic acids is 1. The van der Waals surface area contributed by atoms with Crippen LogP contribution in [0.5, 0.6) is 0 Å². The van der Waals surface area contributed by atoms with Crippen LogP contribution in [-0.2, 0) is 4.79 Å². The first-order valence-electron chi connectivity index (χ1n) is 3.08. The first kappa shape index (κ1) is 10.4. The van der Waals surface area contributed by atoms with Crippen molar-refractivity contribution >= 4 is 37.8 Å². The maximum Gasteiger partial charge on any atom is 0.304 e. The van der Waals surface area contributed by atoms with Gasteiger partial charge in [0.1, 0.15) is 0 Å². The van der Waals surface area contributed by atoms with Gasteiger partial charge in [-0.2, -0.15) is 0 Å². The van der Waals surface area contributed by atoms with Crippen LogP contribution in [0.25, 0.3) is 0 Å². The van der Waals surface area contributed by atoms with Gasteiger partial charge in [0.2, 0.25) is 0 Å². The van der Waals surface area contributed by atoms with Crippen LogP contribution in [0, 0.1) is 0 Å². The van der Waals surface area contributed by atoms with Gasteiger partial charge < -0.3 is 5.11 Å². The van der Waals surface area contributed by atoms with Crippen molar-refractivity contribution in [3.05, 3.63) is 0 Å². The predicted octanol–water partition coefficient (Wildman–Crippen LogP) is 2.40. The monoisotopic (exact) mass is 272 g/mol. The average Bonchev–Trinajstić information content (AvgIpc) is 1.82. The third-order valence-electron chi connectivity index (χ3n) is 1.05. The van der Waals surface area contributed by atoms with Crippen LogP contribution in [-0.4, -0.2) is 21.2 Å².